The zero-order chi connectivity index (χ0) is 29.9. The van der Waals surface area contributed by atoms with Gasteiger partial charge >= 0.3 is 0 Å². The number of rotatable bonds is 6. The zero-order valence-electron chi connectivity index (χ0n) is 23.8. The zero-order valence-corrected chi connectivity index (χ0v) is 23.8. The Morgan fingerprint density at radius 2 is 1.37 bits per heavy atom. The fraction of sp³-hybridized carbons (Fsp3) is 0.200. The molecule has 8 heteroatoms. The summed E-state index contributed by atoms with van der Waals surface area (Å²) in [7, 11) is 4.63. The second kappa shape index (κ2) is 9.94. The Morgan fingerprint density at radius 3 is 2.02 bits per heavy atom. The molecule has 0 unspecified atom stereocenters. The number of ketones is 3. The van der Waals surface area contributed by atoms with Crippen LogP contribution in [0, 0.1) is 5.41 Å². The minimum Gasteiger partial charge on any atom is -0.497 e. The van der Waals surface area contributed by atoms with E-state index in [2.05, 4.69) is 0 Å². The van der Waals surface area contributed by atoms with Crippen LogP contribution >= 0.6 is 0 Å². The van der Waals surface area contributed by atoms with E-state index in [-0.39, 0.29) is 17.3 Å². The number of carbonyl (C=O) groups excluding carboxylic acids is 3. The third kappa shape index (κ3) is 3.62. The molecular weight excluding hydrogens is 544 g/mol. The van der Waals surface area contributed by atoms with Crippen molar-refractivity contribution in [1.29, 1.82) is 0 Å². The van der Waals surface area contributed by atoms with E-state index in [1.54, 1.807) is 92.2 Å². The molecule has 0 bridgehead atoms. The molecule has 1 saturated heterocycles. The number of methoxy groups -OCH3 is 3. The monoisotopic (exact) mass is 572 g/mol. The van der Waals surface area contributed by atoms with Gasteiger partial charge in [-0.2, -0.15) is 5.10 Å². The molecule has 0 N–H and O–H groups in total. The van der Waals surface area contributed by atoms with Crippen LogP contribution in [-0.2, 0) is 0 Å². The van der Waals surface area contributed by atoms with E-state index in [0.717, 1.165) is 11.1 Å². The Morgan fingerprint density at radius 1 is 0.744 bits per heavy atom. The third-order valence-electron chi connectivity index (χ3n) is 8.99. The molecule has 0 radical (unpaired) electrons. The second-order valence-electron chi connectivity index (χ2n) is 10.9. The first-order valence-corrected chi connectivity index (χ1v) is 14.0. The smallest absolute Gasteiger partial charge is 0.187 e. The van der Waals surface area contributed by atoms with E-state index in [9.17, 15) is 14.4 Å². The van der Waals surface area contributed by atoms with Crippen LogP contribution in [0.4, 0.5) is 0 Å². The first-order chi connectivity index (χ1) is 20.9. The maximum absolute atomic E-state index is 14.9. The average Bonchev–Trinajstić information content (AvgIpc) is 3.50. The SMILES string of the molecule is COc1ccc(C(=O)[C@H]2[C@@H](c3cc(OC)ccc3OC)C3(C(=O)c4ccccc4C3=O)[C@H]3c4ccccc4C=NN23)cc1. The molecule has 0 saturated carbocycles. The van der Waals surface area contributed by atoms with E-state index in [0.29, 0.717) is 39.5 Å². The van der Waals surface area contributed by atoms with Crippen molar-refractivity contribution in [3.05, 3.63) is 124 Å². The molecule has 8 nitrogen and oxygen atoms in total. The largest absolute Gasteiger partial charge is 0.497 e. The summed E-state index contributed by atoms with van der Waals surface area (Å²) in [4.78, 5) is 44.6. The molecule has 0 aromatic heterocycles. The van der Waals surface area contributed by atoms with Gasteiger partial charge in [0.05, 0.1) is 33.6 Å². The number of hydrazone groups is 1. The number of ether oxygens (including phenoxy) is 3. The summed E-state index contributed by atoms with van der Waals surface area (Å²) in [6, 6.07) is 24.6. The molecule has 214 valence electrons. The summed E-state index contributed by atoms with van der Waals surface area (Å²) in [5.74, 6) is -0.396. The van der Waals surface area contributed by atoms with Crippen molar-refractivity contribution in [2.45, 2.75) is 18.0 Å². The van der Waals surface area contributed by atoms with Gasteiger partial charge < -0.3 is 14.2 Å². The predicted octanol–water partition coefficient (Wildman–Crippen LogP) is 5.52. The third-order valence-corrected chi connectivity index (χ3v) is 8.99. The van der Waals surface area contributed by atoms with Crippen LogP contribution in [-0.4, -0.2) is 55.9 Å². The quantitative estimate of drug-likeness (QED) is 0.222. The number of fused-ring (bicyclic) bond motifs is 5. The lowest BCUT2D eigenvalue weighted by Gasteiger charge is -2.36. The fourth-order valence-electron chi connectivity index (χ4n) is 7.13. The second-order valence-corrected chi connectivity index (χ2v) is 10.9. The van der Waals surface area contributed by atoms with Crippen LogP contribution in [0.2, 0.25) is 0 Å². The summed E-state index contributed by atoms with van der Waals surface area (Å²) in [5.41, 5.74) is 1.41. The summed E-state index contributed by atoms with van der Waals surface area (Å²) < 4.78 is 16.7. The lowest BCUT2D eigenvalue weighted by atomic mass is 9.62. The van der Waals surface area contributed by atoms with Gasteiger partial charge in [0.2, 0.25) is 0 Å². The number of carbonyl (C=O) groups is 3. The van der Waals surface area contributed by atoms with Gasteiger partial charge in [0.1, 0.15) is 28.7 Å². The molecule has 1 fully saturated rings. The number of nitrogens with zero attached hydrogens (tertiary/aromatic N) is 2. The number of hydrogen-bond acceptors (Lipinski definition) is 8. The molecule has 0 amide bonds. The van der Waals surface area contributed by atoms with Crippen molar-refractivity contribution in [3.63, 3.8) is 0 Å². The summed E-state index contributed by atoms with van der Waals surface area (Å²) in [6.45, 7) is 0. The predicted molar refractivity (Wildman–Crippen MR) is 160 cm³/mol. The summed E-state index contributed by atoms with van der Waals surface area (Å²) in [5, 5.41) is 6.47. The summed E-state index contributed by atoms with van der Waals surface area (Å²) in [6.07, 6.45) is 1.69. The molecule has 7 rings (SSSR count). The molecular formula is C35H28N2O6. The molecule has 4 aromatic rings. The van der Waals surface area contributed by atoms with E-state index in [1.807, 2.05) is 24.3 Å². The Hall–Kier alpha value is -5.24. The van der Waals surface area contributed by atoms with Crippen molar-refractivity contribution in [2.24, 2.45) is 10.5 Å². The Balaban J connectivity index is 1.56. The fourth-order valence-corrected chi connectivity index (χ4v) is 7.13. The normalized spacial score (nSPS) is 20.9. The van der Waals surface area contributed by atoms with Gasteiger partial charge in [0.25, 0.3) is 0 Å². The van der Waals surface area contributed by atoms with Crippen LogP contribution < -0.4 is 14.2 Å². The van der Waals surface area contributed by atoms with Crippen molar-refractivity contribution in [3.8, 4) is 17.2 Å². The van der Waals surface area contributed by atoms with Gasteiger partial charge in [-0.15, -0.1) is 0 Å². The molecule has 1 spiro atoms. The highest BCUT2D eigenvalue weighted by Gasteiger charge is 2.73. The molecule has 3 aliphatic rings. The van der Waals surface area contributed by atoms with E-state index >= 15 is 0 Å². The number of hydrogen-bond donors (Lipinski definition) is 0. The lowest BCUT2D eigenvalue weighted by Crippen LogP contribution is -2.44. The van der Waals surface area contributed by atoms with Crippen molar-refractivity contribution in [2.75, 3.05) is 21.3 Å². The van der Waals surface area contributed by atoms with Crippen LogP contribution in [0.5, 0.6) is 17.2 Å². The maximum atomic E-state index is 14.9. The number of Topliss-reactive ketones (excluding diaryl/α,β-unsaturated/α-hetero) is 3. The van der Waals surface area contributed by atoms with Crippen LogP contribution in [0.15, 0.2) is 96.1 Å². The van der Waals surface area contributed by atoms with E-state index in [4.69, 9.17) is 19.3 Å². The first kappa shape index (κ1) is 26.6. The molecule has 1 aliphatic carbocycles. The Bertz CT molecular complexity index is 1790. The van der Waals surface area contributed by atoms with Gasteiger partial charge in [-0.3, -0.25) is 19.4 Å². The van der Waals surface area contributed by atoms with Crippen molar-refractivity contribution < 1.29 is 28.6 Å². The molecule has 43 heavy (non-hydrogen) atoms. The van der Waals surface area contributed by atoms with Crippen LogP contribution in [0.3, 0.4) is 0 Å². The standard InChI is InChI=1S/C35H28N2O6/c1-41-22-14-12-20(13-15-22)31(38)30-29(27-18-23(42-2)16-17-28(27)43-3)35(33(39)25-10-6-7-11-26(25)34(35)40)32-24-9-5-4-8-21(24)19-36-37(30)32/h4-19,29-30,32H,1-3H3/t29-,30-,32-/m1/s1. The highest BCUT2D eigenvalue weighted by atomic mass is 16.5. The van der Waals surface area contributed by atoms with Crippen LogP contribution in [0.25, 0.3) is 0 Å². The Labute approximate surface area is 248 Å². The molecule has 3 atom stereocenters. The van der Waals surface area contributed by atoms with Crippen molar-refractivity contribution in [1.82, 2.24) is 5.01 Å². The van der Waals surface area contributed by atoms with E-state index in [1.165, 1.54) is 7.11 Å². The van der Waals surface area contributed by atoms with Gasteiger partial charge in [-0.05, 0) is 53.6 Å². The molecule has 2 aliphatic heterocycles. The molecule has 4 aromatic carbocycles. The lowest BCUT2D eigenvalue weighted by molar-refractivity contribution is 0.0585. The Kier molecular flexibility index (Phi) is 6.16. The summed E-state index contributed by atoms with van der Waals surface area (Å²) >= 11 is 0. The highest BCUT2D eigenvalue weighted by Crippen LogP contribution is 2.65. The van der Waals surface area contributed by atoms with Crippen molar-refractivity contribution >= 4 is 23.6 Å². The van der Waals surface area contributed by atoms with Gasteiger partial charge in [-0.1, -0.05) is 48.5 Å². The molecule has 2 heterocycles. The van der Waals surface area contributed by atoms with Gasteiger partial charge in [-0.25, -0.2) is 0 Å². The number of benzene rings is 4. The minimum atomic E-state index is -1.72. The van der Waals surface area contributed by atoms with E-state index < -0.39 is 23.4 Å². The minimum absolute atomic E-state index is 0.285. The average molecular weight is 573 g/mol. The highest BCUT2D eigenvalue weighted by molar-refractivity contribution is 6.31. The topological polar surface area (TPSA) is 94.5 Å². The van der Waals surface area contributed by atoms with Gasteiger partial charge in [0, 0.05) is 28.2 Å². The first-order valence-electron chi connectivity index (χ1n) is 14.0. The van der Waals surface area contributed by atoms with Gasteiger partial charge in [0.15, 0.2) is 17.3 Å². The van der Waals surface area contributed by atoms with Crippen LogP contribution in [0.1, 0.15) is 59.7 Å². The maximum Gasteiger partial charge on any atom is 0.187 e.